The molecule has 26 heavy (non-hydrogen) atoms. The average molecular weight is 431 g/mol. The first-order chi connectivity index (χ1) is 12.4. The van der Waals surface area contributed by atoms with Crippen molar-refractivity contribution in [2.24, 2.45) is 17.8 Å². The minimum atomic E-state index is -4.62. The molecule has 3 rings (SSSR count). The molecule has 0 heterocycles. The van der Waals surface area contributed by atoms with Gasteiger partial charge in [-0.3, -0.25) is 0 Å². The van der Waals surface area contributed by atoms with E-state index >= 15 is 0 Å². The molecule has 1 aromatic carbocycles. The molecule has 2 aliphatic rings. The van der Waals surface area contributed by atoms with Crippen molar-refractivity contribution in [2.45, 2.75) is 63.6 Å². The summed E-state index contributed by atoms with van der Waals surface area (Å²) in [6.45, 7) is 0. The van der Waals surface area contributed by atoms with E-state index < -0.39 is 6.36 Å². The maximum atomic E-state index is 12.3. The fourth-order valence-corrected chi connectivity index (χ4v) is 5.21. The largest absolute Gasteiger partial charge is 0.573 e. The molecule has 5 heteroatoms. The van der Waals surface area contributed by atoms with Gasteiger partial charge in [0.05, 0.1) is 0 Å². The molecule has 0 saturated heterocycles. The third kappa shape index (κ3) is 5.51. The van der Waals surface area contributed by atoms with Gasteiger partial charge in [0, 0.05) is 0 Å². The lowest BCUT2D eigenvalue weighted by Crippen LogP contribution is -2.25. The lowest BCUT2D eigenvalue weighted by Gasteiger charge is -2.37. The van der Waals surface area contributed by atoms with Crippen LogP contribution in [-0.2, 0) is 0 Å². The van der Waals surface area contributed by atoms with Crippen LogP contribution in [0, 0.1) is 17.8 Å². The molecule has 144 valence electrons. The van der Waals surface area contributed by atoms with E-state index in [1.165, 1.54) is 50.7 Å². The van der Waals surface area contributed by atoms with Crippen LogP contribution in [-0.4, -0.2) is 6.36 Å². The predicted octanol–water partition coefficient (Wildman–Crippen LogP) is 7.57. The Kier molecular flexibility index (Phi) is 6.70. The number of rotatable bonds is 4. The summed E-state index contributed by atoms with van der Waals surface area (Å²) in [4.78, 5) is 1.99. The van der Waals surface area contributed by atoms with Crippen LogP contribution in [0.2, 0.25) is 0 Å². The predicted molar refractivity (Wildman–Crippen MR) is 101 cm³/mol. The van der Waals surface area contributed by atoms with E-state index in [4.69, 9.17) is 0 Å². The van der Waals surface area contributed by atoms with Crippen molar-refractivity contribution in [1.82, 2.24) is 0 Å². The van der Waals surface area contributed by atoms with Gasteiger partial charge in [0.2, 0.25) is 0 Å². The zero-order valence-corrected chi connectivity index (χ0v) is 16.4. The van der Waals surface area contributed by atoms with Gasteiger partial charge in [-0.2, -0.15) is 0 Å². The topological polar surface area (TPSA) is 9.23 Å². The van der Waals surface area contributed by atoms with E-state index in [9.17, 15) is 13.2 Å². The first kappa shape index (κ1) is 19.8. The summed E-state index contributed by atoms with van der Waals surface area (Å²) >= 11 is 3.38. The van der Waals surface area contributed by atoms with Crippen molar-refractivity contribution in [3.63, 3.8) is 0 Å². The molecule has 0 unspecified atom stereocenters. The molecule has 0 atom stereocenters. The maximum absolute atomic E-state index is 12.3. The summed E-state index contributed by atoms with van der Waals surface area (Å²) in [6.07, 6.45) is 7.70. The molecule has 1 aromatic rings. The third-order valence-corrected chi connectivity index (χ3v) is 6.49. The Labute approximate surface area is 162 Å². The van der Waals surface area contributed by atoms with Gasteiger partial charge in [-0.05, 0) is 97.7 Å². The van der Waals surface area contributed by atoms with Crippen LogP contribution in [0.15, 0.2) is 35.3 Å². The number of allylic oxidation sites excluding steroid dienone is 1. The van der Waals surface area contributed by atoms with Crippen LogP contribution < -0.4 is 4.74 Å². The molecule has 2 aliphatic carbocycles. The van der Waals surface area contributed by atoms with Gasteiger partial charge in [-0.1, -0.05) is 34.1 Å². The summed E-state index contributed by atoms with van der Waals surface area (Å²) in [7, 11) is 0. The minimum absolute atomic E-state index is 0.135. The summed E-state index contributed by atoms with van der Waals surface area (Å²) in [5.41, 5.74) is 1.14. The Balaban J connectivity index is 1.48. The van der Waals surface area contributed by atoms with Crippen molar-refractivity contribution in [3.8, 4) is 5.75 Å². The Hall–Kier alpha value is -0.970. The van der Waals surface area contributed by atoms with E-state index in [0.29, 0.717) is 5.92 Å². The Bertz CT molecular complexity index is 580. The highest BCUT2D eigenvalue weighted by Gasteiger charge is 2.32. The second-order valence-corrected chi connectivity index (χ2v) is 8.25. The van der Waals surface area contributed by atoms with E-state index in [1.54, 1.807) is 12.1 Å². The normalized spacial score (nSPS) is 30.5. The van der Waals surface area contributed by atoms with Crippen molar-refractivity contribution in [1.29, 1.82) is 0 Å². The van der Waals surface area contributed by atoms with Crippen LogP contribution in [0.3, 0.4) is 0 Å². The number of alkyl halides is 3. The van der Waals surface area contributed by atoms with Gasteiger partial charge in [0.15, 0.2) is 0 Å². The standard InChI is InChI=1S/C21H26BrF3O/c22-14-13-15-1-3-16(4-2-15)17-5-7-18(8-6-17)19-9-11-20(12-10-19)26-21(23,24)25/h9-18H,1-8H2. The summed E-state index contributed by atoms with van der Waals surface area (Å²) in [6, 6.07) is 6.47. The Morgan fingerprint density at radius 1 is 0.846 bits per heavy atom. The van der Waals surface area contributed by atoms with Crippen LogP contribution in [0.4, 0.5) is 13.2 Å². The molecule has 0 bridgehead atoms. The van der Waals surface area contributed by atoms with Gasteiger partial charge >= 0.3 is 6.36 Å². The highest BCUT2D eigenvalue weighted by Crippen LogP contribution is 2.44. The first-order valence-corrected chi connectivity index (χ1v) is 10.5. The number of hydrogen-bond acceptors (Lipinski definition) is 1. The summed E-state index contributed by atoms with van der Waals surface area (Å²) < 4.78 is 40.7. The number of halogens is 4. The smallest absolute Gasteiger partial charge is 0.406 e. The molecule has 0 aromatic heterocycles. The van der Waals surface area contributed by atoms with Crippen molar-refractivity contribution >= 4 is 15.9 Å². The molecule has 0 N–H and O–H groups in total. The van der Waals surface area contributed by atoms with E-state index in [1.807, 2.05) is 4.99 Å². The van der Waals surface area contributed by atoms with Gasteiger partial charge in [0.25, 0.3) is 0 Å². The SMILES string of the molecule is FC(F)(F)Oc1ccc(C2CCC(C3CCC(C=CBr)CC3)CC2)cc1. The third-order valence-electron chi connectivity index (χ3n) is 6.18. The number of benzene rings is 1. The van der Waals surface area contributed by atoms with E-state index in [0.717, 1.165) is 36.2 Å². The molecule has 1 nitrogen and oxygen atoms in total. The molecule has 0 aliphatic heterocycles. The molecule has 2 fully saturated rings. The first-order valence-electron chi connectivity index (χ1n) is 9.57. The molecular weight excluding hydrogens is 405 g/mol. The number of hydrogen-bond donors (Lipinski definition) is 0. The zero-order valence-electron chi connectivity index (χ0n) is 14.9. The van der Waals surface area contributed by atoms with Crippen LogP contribution in [0.5, 0.6) is 5.75 Å². The fraction of sp³-hybridized carbons (Fsp3) is 0.619. The molecule has 2 saturated carbocycles. The Morgan fingerprint density at radius 3 is 1.88 bits per heavy atom. The Morgan fingerprint density at radius 2 is 1.38 bits per heavy atom. The van der Waals surface area contributed by atoms with Crippen molar-refractivity contribution in [3.05, 3.63) is 40.9 Å². The number of ether oxygens (including phenoxy) is 1. The van der Waals surface area contributed by atoms with Gasteiger partial charge in [-0.15, -0.1) is 13.2 Å². The van der Waals surface area contributed by atoms with Gasteiger partial charge < -0.3 is 4.74 Å². The monoisotopic (exact) mass is 430 g/mol. The summed E-state index contributed by atoms with van der Waals surface area (Å²) in [5, 5.41) is 0. The zero-order chi connectivity index (χ0) is 18.6. The highest BCUT2D eigenvalue weighted by atomic mass is 79.9. The van der Waals surface area contributed by atoms with Crippen molar-refractivity contribution < 1.29 is 17.9 Å². The highest BCUT2D eigenvalue weighted by molar-refractivity contribution is 9.11. The lowest BCUT2D eigenvalue weighted by molar-refractivity contribution is -0.274. The minimum Gasteiger partial charge on any atom is -0.406 e. The lowest BCUT2D eigenvalue weighted by atomic mass is 9.68. The van der Waals surface area contributed by atoms with Gasteiger partial charge in [0.1, 0.15) is 5.75 Å². The second kappa shape index (κ2) is 8.81. The van der Waals surface area contributed by atoms with Crippen molar-refractivity contribution in [2.75, 3.05) is 0 Å². The van der Waals surface area contributed by atoms with Crippen LogP contribution >= 0.6 is 15.9 Å². The molecule has 0 radical (unpaired) electrons. The van der Waals surface area contributed by atoms with E-state index in [2.05, 4.69) is 26.7 Å². The van der Waals surface area contributed by atoms with E-state index in [-0.39, 0.29) is 5.75 Å². The van der Waals surface area contributed by atoms with Crippen LogP contribution in [0.1, 0.15) is 62.8 Å². The van der Waals surface area contributed by atoms with Gasteiger partial charge in [-0.25, -0.2) is 0 Å². The average Bonchev–Trinajstić information content (AvgIpc) is 2.62. The summed E-state index contributed by atoms with van der Waals surface area (Å²) in [5.74, 6) is 2.76. The molecule has 0 amide bonds. The molecular formula is C21H26BrF3O. The maximum Gasteiger partial charge on any atom is 0.573 e. The molecule has 0 spiro atoms. The second-order valence-electron chi connectivity index (χ2n) is 7.72. The van der Waals surface area contributed by atoms with Crippen LogP contribution in [0.25, 0.3) is 0 Å². The quantitative estimate of drug-likeness (QED) is 0.478. The fourth-order valence-electron chi connectivity index (χ4n) is 4.78.